The van der Waals surface area contributed by atoms with Crippen LogP contribution in [0.4, 0.5) is 17.1 Å². The van der Waals surface area contributed by atoms with Crippen molar-refractivity contribution in [1.29, 1.82) is 0 Å². The van der Waals surface area contributed by atoms with Crippen molar-refractivity contribution < 1.29 is 0 Å². The van der Waals surface area contributed by atoms with E-state index in [1.807, 2.05) is 12.1 Å². The highest BCUT2D eigenvalue weighted by Crippen LogP contribution is 2.63. The molecule has 0 amide bonds. The van der Waals surface area contributed by atoms with Crippen LogP contribution >= 0.6 is 0 Å². The number of fused-ring (bicyclic) bond motifs is 9. The number of hydrogen-bond donors (Lipinski definition) is 0. The fraction of sp³-hybridized carbons (Fsp3) is 0.0169. The summed E-state index contributed by atoms with van der Waals surface area (Å²) >= 11 is 0. The molecule has 290 valence electrons. The maximum absolute atomic E-state index is 5.22. The van der Waals surface area contributed by atoms with Gasteiger partial charge in [0.15, 0.2) is 5.82 Å². The van der Waals surface area contributed by atoms with Gasteiger partial charge < -0.3 is 4.90 Å². The van der Waals surface area contributed by atoms with E-state index in [2.05, 4.69) is 229 Å². The molecule has 0 radical (unpaired) electrons. The van der Waals surface area contributed by atoms with Crippen LogP contribution < -0.4 is 4.90 Å². The highest BCUT2D eigenvalue weighted by atomic mass is 15.2. The minimum atomic E-state index is -0.420. The van der Waals surface area contributed by atoms with Gasteiger partial charge in [0.25, 0.3) is 0 Å². The minimum Gasteiger partial charge on any atom is -0.310 e. The van der Waals surface area contributed by atoms with E-state index < -0.39 is 5.41 Å². The lowest BCUT2D eigenvalue weighted by atomic mass is 9.64. The molecule has 0 unspecified atom stereocenters. The number of aromatic nitrogens is 2. The van der Waals surface area contributed by atoms with E-state index in [1.165, 1.54) is 44.8 Å². The SMILES string of the molecule is c1ccc(-c2cc(-c3ccc(-c4ccc(N5c6ccccc6C6(c7ccccc7-c7ccccc76)c6ccccc65)cc4)cc3)nc(-c3ccccc3-c3ccccc3)n2)cc1. The fourth-order valence-electron chi connectivity index (χ4n) is 10.00. The molecule has 1 spiro atoms. The molecule has 62 heavy (non-hydrogen) atoms. The molecule has 1 aliphatic carbocycles. The monoisotopic (exact) mass is 789 g/mol. The van der Waals surface area contributed by atoms with Gasteiger partial charge in [-0.1, -0.05) is 206 Å². The van der Waals surface area contributed by atoms with Gasteiger partial charge >= 0.3 is 0 Å². The summed E-state index contributed by atoms with van der Waals surface area (Å²) in [6.45, 7) is 0. The van der Waals surface area contributed by atoms with Crippen molar-refractivity contribution in [2.45, 2.75) is 5.41 Å². The number of anilines is 3. The Kier molecular flexibility index (Phi) is 8.39. The van der Waals surface area contributed by atoms with Crippen LogP contribution in [0.2, 0.25) is 0 Å². The molecule has 0 atom stereocenters. The third kappa shape index (κ3) is 5.59. The average Bonchev–Trinajstić information content (AvgIpc) is 3.65. The van der Waals surface area contributed by atoms with E-state index in [0.29, 0.717) is 5.82 Å². The van der Waals surface area contributed by atoms with Crippen molar-refractivity contribution in [3.8, 4) is 67.3 Å². The second-order valence-electron chi connectivity index (χ2n) is 16.1. The van der Waals surface area contributed by atoms with Crippen molar-refractivity contribution in [3.05, 3.63) is 259 Å². The molecule has 1 aromatic heterocycles. The standard InChI is InChI=1S/C59H39N3/c1-3-17-42(18-4-1)46-21-7-8-24-49(46)58-60-54(43-19-5-2-6-20-43)39-55(61-58)44-33-31-40(32-34-44)41-35-37-45(38-36-41)62-56-29-15-13-27-52(56)59(53-28-14-16-30-57(53)62)50-25-11-9-22-47(50)48-23-10-12-26-51(48)59/h1-39H. The molecule has 2 heterocycles. The molecule has 0 bridgehead atoms. The number of benzene rings is 9. The van der Waals surface area contributed by atoms with Gasteiger partial charge in [-0.05, 0) is 86.0 Å². The normalized spacial score (nSPS) is 12.9. The van der Waals surface area contributed by atoms with E-state index in [0.717, 1.165) is 56.0 Å². The summed E-state index contributed by atoms with van der Waals surface area (Å²) in [5.41, 5.74) is 20.4. The van der Waals surface area contributed by atoms with Crippen molar-refractivity contribution in [2.75, 3.05) is 4.90 Å². The van der Waals surface area contributed by atoms with E-state index in [1.54, 1.807) is 0 Å². The number of rotatable bonds is 6. The van der Waals surface area contributed by atoms with Gasteiger partial charge in [0, 0.05) is 22.4 Å². The number of nitrogens with zero attached hydrogens (tertiary/aromatic N) is 3. The summed E-state index contributed by atoms with van der Waals surface area (Å²) in [5.74, 6) is 0.702. The molecule has 3 heteroatoms. The zero-order chi connectivity index (χ0) is 41.0. The molecule has 10 aromatic rings. The predicted molar refractivity (Wildman–Crippen MR) is 255 cm³/mol. The Labute approximate surface area is 361 Å². The molecule has 0 N–H and O–H groups in total. The Bertz CT molecular complexity index is 3190. The average molecular weight is 790 g/mol. The molecular formula is C59H39N3. The lowest BCUT2D eigenvalue weighted by Gasteiger charge is -2.45. The zero-order valence-electron chi connectivity index (χ0n) is 33.9. The minimum absolute atomic E-state index is 0.420. The highest BCUT2D eigenvalue weighted by Gasteiger charge is 2.51. The maximum Gasteiger partial charge on any atom is 0.161 e. The van der Waals surface area contributed by atoms with E-state index in [-0.39, 0.29) is 0 Å². The molecule has 0 saturated carbocycles. The Morgan fingerprint density at radius 1 is 0.290 bits per heavy atom. The van der Waals surface area contributed by atoms with Crippen LogP contribution in [0.3, 0.4) is 0 Å². The Balaban J connectivity index is 0.914. The van der Waals surface area contributed by atoms with Gasteiger partial charge in [0.2, 0.25) is 0 Å². The van der Waals surface area contributed by atoms with Crippen LogP contribution in [0.1, 0.15) is 22.3 Å². The third-order valence-corrected chi connectivity index (χ3v) is 12.7. The molecule has 12 rings (SSSR count). The topological polar surface area (TPSA) is 29.0 Å². The highest BCUT2D eigenvalue weighted by molar-refractivity contribution is 5.96. The molecule has 9 aromatic carbocycles. The van der Waals surface area contributed by atoms with Crippen LogP contribution in [-0.2, 0) is 5.41 Å². The van der Waals surface area contributed by atoms with Gasteiger partial charge in [0.05, 0.1) is 28.2 Å². The summed E-state index contributed by atoms with van der Waals surface area (Å²) in [7, 11) is 0. The first-order chi connectivity index (χ1) is 30.8. The quantitative estimate of drug-likeness (QED) is 0.168. The predicted octanol–water partition coefficient (Wildman–Crippen LogP) is 15.0. The molecular weight excluding hydrogens is 751 g/mol. The molecule has 3 nitrogen and oxygen atoms in total. The second-order valence-corrected chi connectivity index (χ2v) is 16.1. The van der Waals surface area contributed by atoms with E-state index in [9.17, 15) is 0 Å². The van der Waals surface area contributed by atoms with Crippen LogP contribution in [0, 0.1) is 0 Å². The first kappa shape index (κ1) is 35.8. The van der Waals surface area contributed by atoms with Gasteiger partial charge in [-0.15, -0.1) is 0 Å². The Morgan fingerprint density at radius 2 is 0.677 bits per heavy atom. The maximum atomic E-state index is 5.22. The van der Waals surface area contributed by atoms with Crippen molar-refractivity contribution in [1.82, 2.24) is 9.97 Å². The van der Waals surface area contributed by atoms with Crippen LogP contribution in [-0.4, -0.2) is 9.97 Å². The Hall–Kier alpha value is -8.14. The van der Waals surface area contributed by atoms with E-state index in [4.69, 9.17) is 9.97 Å². The van der Waals surface area contributed by atoms with Gasteiger partial charge in [-0.2, -0.15) is 0 Å². The van der Waals surface area contributed by atoms with Crippen LogP contribution in [0.15, 0.2) is 237 Å². The summed E-state index contributed by atoms with van der Waals surface area (Å²) in [5, 5.41) is 0. The van der Waals surface area contributed by atoms with Crippen molar-refractivity contribution in [3.63, 3.8) is 0 Å². The summed E-state index contributed by atoms with van der Waals surface area (Å²) in [6, 6.07) is 85.0. The van der Waals surface area contributed by atoms with Gasteiger partial charge in [-0.25, -0.2) is 9.97 Å². The Morgan fingerprint density at radius 3 is 1.23 bits per heavy atom. The van der Waals surface area contributed by atoms with Crippen molar-refractivity contribution in [2.24, 2.45) is 0 Å². The van der Waals surface area contributed by atoms with Crippen LogP contribution in [0.5, 0.6) is 0 Å². The summed E-state index contributed by atoms with van der Waals surface area (Å²) in [6.07, 6.45) is 0. The van der Waals surface area contributed by atoms with E-state index >= 15 is 0 Å². The molecule has 0 saturated heterocycles. The number of hydrogen-bond acceptors (Lipinski definition) is 3. The molecule has 0 fully saturated rings. The first-order valence-electron chi connectivity index (χ1n) is 21.2. The second kappa shape index (κ2) is 14.5. The number of para-hydroxylation sites is 2. The molecule has 2 aliphatic rings. The summed E-state index contributed by atoms with van der Waals surface area (Å²) < 4.78 is 0. The lowest BCUT2D eigenvalue weighted by Crippen LogP contribution is -2.36. The van der Waals surface area contributed by atoms with Crippen LogP contribution in [0.25, 0.3) is 67.3 Å². The van der Waals surface area contributed by atoms with Gasteiger partial charge in [0.1, 0.15) is 0 Å². The zero-order valence-corrected chi connectivity index (χ0v) is 33.9. The smallest absolute Gasteiger partial charge is 0.161 e. The van der Waals surface area contributed by atoms with Gasteiger partial charge in [-0.3, -0.25) is 0 Å². The molecule has 1 aliphatic heterocycles. The summed E-state index contributed by atoms with van der Waals surface area (Å²) in [4.78, 5) is 12.8. The fourth-order valence-corrected chi connectivity index (χ4v) is 10.00. The lowest BCUT2D eigenvalue weighted by molar-refractivity contribution is 0.752. The van der Waals surface area contributed by atoms with Crippen molar-refractivity contribution >= 4 is 17.1 Å². The largest absolute Gasteiger partial charge is 0.310 e. The first-order valence-corrected chi connectivity index (χ1v) is 21.2. The third-order valence-electron chi connectivity index (χ3n) is 12.7.